The van der Waals surface area contributed by atoms with E-state index in [0.29, 0.717) is 0 Å². The summed E-state index contributed by atoms with van der Waals surface area (Å²) in [6, 6.07) is -20.6. The van der Waals surface area contributed by atoms with Crippen LogP contribution in [0, 0.1) is 0 Å². The Balaban J connectivity index is 2.35. The fourth-order valence-electron chi connectivity index (χ4n) is 3.24. The average Bonchev–Trinajstić information content (AvgIpc) is 3.13. The van der Waals surface area contributed by atoms with Crippen molar-refractivity contribution < 1.29 is 30.2 Å². The second-order valence-electron chi connectivity index (χ2n) is 6.27. The number of hydrogen-bond acceptors (Lipinski definition) is 0. The lowest BCUT2D eigenvalue weighted by molar-refractivity contribution is 1.62. The van der Waals surface area contributed by atoms with Gasteiger partial charge in [0.25, 0.3) is 0 Å². The molecule has 1 unspecified atom stereocenters. The van der Waals surface area contributed by atoms with Crippen molar-refractivity contribution in [2.24, 2.45) is 0 Å². The topological polar surface area (TPSA) is 0 Å². The van der Waals surface area contributed by atoms with Gasteiger partial charge in [0.1, 0.15) is 0 Å². The first-order chi connectivity index (χ1) is 24.9. The Morgan fingerprint density at radius 1 is 0.469 bits per heavy atom. The molecule has 1 atom stereocenters. The Bertz CT molecular complexity index is 2340. The minimum Gasteiger partial charge on any atom is -0.0623 e. The Morgan fingerprint density at radius 2 is 1.00 bits per heavy atom. The van der Waals surface area contributed by atoms with E-state index in [1.807, 2.05) is 0 Å². The zero-order valence-electron chi connectivity index (χ0n) is 38.0. The predicted molar refractivity (Wildman–Crippen MR) is 143 cm³/mol. The summed E-state index contributed by atoms with van der Waals surface area (Å²) in [4.78, 5) is 0. The minimum atomic E-state index is -5.81. The molecule has 0 heterocycles. The van der Waals surface area contributed by atoms with Gasteiger partial charge in [0.15, 0.2) is 8.07 Å². The van der Waals surface area contributed by atoms with Crippen LogP contribution < -0.4 is 20.7 Å². The molecule has 0 N–H and O–H groups in total. The van der Waals surface area contributed by atoms with Crippen LogP contribution >= 0.6 is 15.9 Å². The van der Waals surface area contributed by atoms with Crippen LogP contribution in [-0.2, 0) is 0 Å². The van der Waals surface area contributed by atoms with Crippen LogP contribution in [0.5, 0.6) is 0 Å². The van der Waals surface area contributed by atoms with Crippen molar-refractivity contribution in [3.63, 3.8) is 0 Å². The summed E-state index contributed by atoms with van der Waals surface area (Å²) in [5.74, 6) is 0. The van der Waals surface area contributed by atoms with Gasteiger partial charge in [-0.2, -0.15) is 0 Å². The molecule has 32 heavy (non-hydrogen) atoms. The third-order valence-corrected chi connectivity index (χ3v) is 9.02. The maximum Gasteiger partial charge on any atom is 0.179 e. The molecule has 0 aliphatic rings. The first-order valence-electron chi connectivity index (χ1n) is 20.0. The zero-order chi connectivity index (χ0) is 41.0. The monoisotopic (exact) mass is 512 g/mol. The number of benzene rings is 5. The lowest BCUT2D eigenvalue weighted by atomic mass is 10.1. The molecule has 5 aromatic carbocycles. The molecule has 0 aromatic heterocycles. The SMILES string of the molecule is [2H]c1cc([Si](c2c([2H])c([2H])c([2H])c([2H])c2[2H])(c2c([2H])c([2H])c([2H])c(Br)c2[2H])c2c([2H])c([2H])c([2H])c(-c3c([2H])c([2H])c([2H])c([2H])c3[2H])c2[2H])c([2H])c([2H])c1[2H]. The van der Waals surface area contributed by atoms with E-state index in [1.54, 1.807) is 0 Å². The highest BCUT2D eigenvalue weighted by Crippen LogP contribution is 2.20. The molecule has 5 rings (SSSR count). The van der Waals surface area contributed by atoms with Crippen LogP contribution in [0.1, 0.15) is 30.2 Å². The Morgan fingerprint density at radius 3 is 1.75 bits per heavy atom. The van der Waals surface area contributed by atoms with Gasteiger partial charge in [-0.1, -0.05) is 143 Å². The Kier molecular flexibility index (Phi) is 2.11. The molecule has 0 saturated heterocycles. The summed E-state index contributed by atoms with van der Waals surface area (Å²) in [5, 5.41) is -3.36. The smallest absolute Gasteiger partial charge is 0.0623 e. The Labute approximate surface area is 230 Å². The van der Waals surface area contributed by atoms with Crippen molar-refractivity contribution in [3.05, 3.63) is 143 Å². The fraction of sp³-hybridized carbons (Fsp3) is 0. The molecule has 0 radical (unpaired) electrons. The first kappa shape index (κ1) is 7.41. The maximum absolute atomic E-state index is 9.67. The average molecular weight is 514 g/mol. The van der Waals surface area contributed by atoms with Gasteiger partial charge in [0.2, 0.25) is 0 Å². The number of halogens is 1. The van der Waals surface area contributed by atoms with E-state index in [4.69, 9.17) is 24.7 Å². The van der Waals surface area contributed by atoms with E-state index in [-0.39, 0.29) is 0 Å². The zero-order valence-corrected chi connectivity index (χ0v) is 18.5. The maximum atomic E-state index is 9.67. The molecule has 2 heteroatoms. The van der Waals surface area contributed by atoms with Crippen molar-refractivity contribution in [2.45, 2.75) is 0 Å². The quantitative estimate of drug-likeness (QED) is 0.215. The molecule has 0 amide bonds. The normalized spacial score (nSPS) is 22.4. The summed E-state index contributed by atoms with van der Waals surface area (Å²) in [7, 11) is -5.81. The van der Waals surface area contributed by atoms with E-state index in [0.717, 1.165) is 6.07 Å². The highest BCUT2D eigenvalue weighted by Gasteiger charge is 2.41. The van der Waals surface area contributed by atoms with E-state index in [2.05, 4.69) is 15.9 Å². The molecule has 0 saturated carbocycles. The second-order valence-corrected chi connectivity index (χ2v) is 10.6. The van der Waals surface area contributed by atoms with Crippen LogP contribution in [0.2, 0.25) is 0 Å². The highest BCUT2D eigenvalue weighted by molar-refractivity contribution is 9.10. The lowest BCUT2D eigenvalue weighted by Crippen LogP contribution is -2.74. The fourth-order valence-corrected chi connectivity index (χ4v) is 7.44. The van der Waals surface area contributed by atoms with E-state index < -0.39 is 177 Å². The third-order valence-electron chi connectivity index (χ3n) is 4.55. The van der Waals surface area contributed by atoms with Gasteiger partial charge in [0, 0.05) is 4.47 Å². The van der Waals surface area contributed by atoms with Crippen molar-refractivity contribution in [3.8, 4) is 11.1 Å². The molecule has 0 nitrogen and oxygen atoms in total. The van der Waals surface area contributed by atoms with Crippen LogP contribution in [0.15, 0.2) is 143 Å². The molecule has 154 valence electrons. The Hall–Kier alpha value is -3.20. The van der Waals surface area contributed by atoms with Gasteiger partial charge in [-0.3, -0.25) is 0 Å². The van der Waals surface area contributed by atoms with Gasteiger partial charge < -0.3 is 0 Å². The van der Waals surface area contributed by atoms with Crippen LogP contribution in [0.4, 0.5) is 0 Å². The molecule has 0 spiro atoms. The van der Waals surface area contributed by atoms with Crippen molar-refractivity contribution in [2.75, 3.05) is 0 Å². The minimum absolute atomic E-state index is 0.504. The summed E-state index contributed by atoms with van der Waals surface area (Å²) >= 11 is 3.04. The molecule has 0 bridgehead atoms. The molecule has 5 aromatic rings. The van der Waals surface area contributed by atoms with Crippen LogP contribution in [0.3, 0.4) is 0 Å². The van der Waals surface area contributed by atoms with Gasteiger partial charge in [-0.15, -0.1) is 0 Å². The molecular weight excluding hydrogens is 468 g/mol. The number of rotatable bonds is 5. The van der Waals surface area contributed by atoms with Gasteiger partial charge in [0.05, 0.1) is 30.2 Å². The lowest BCUT2D eigenvalue weighted by Gasteiger charge is -2.34. The van der Waals surface area contributed by atoms with Crippen molar-refractivity contribution in [1.82, 2.24) is 0 Å². The van der Waals surface area contributed by atoms with E-state index in [1.165, 1.54) is 0 Å². The molecule has 0 aliphatic heterocycles. The van der Waals surface area contributed by atoms with Crippen LogP contribution in [0.25, 0.3) is 11.1 Å². The first-order valence-corrected chi connectivity index (χ1v) is 11.8. The third kappa shape index (κ3) is 3.77. The summed E-state index contributed by atoms with van der Waals surface area (Å²) < 4.78 is 192. The molecule has 0 aliphatic carbocycles. The molecule has 0 fully saturated rings. The second kappa shape index (κ2) is 9.11. The van der Waals surface area contributed by atoms with Crippen LogP contribution in [-0.4, -0.2) is 8.07 Å². The van der Waals surface area contributed by atoms with Gasteiger partial charge in [-0.25, -0.2) is 0 Å². The van der Waals surface area contributed by atoms with E-state index >= 15 is 0 Å². The number of hydrogen-bond donors (Lipinski definition) is 0. The van der Waals surface area contributed by atoms with E-state index in [9.17, 15) is 5.48 Å². The summed E-state index contributed by atoms with van der Waals surface area (Å²) in [6.45, 7) is 0. The molecular formula is C30H23BrSi. The highest BCUT2D eigenvalue weighted by atomic mass is 79.9. The van der Waals surface area contributed by atoms with Crippen molar-refractivity contribution >= 4 is 44.8 Å². The van der Waals surface area contributed by atoms with Gasteiger partial charge >= 0.3 is 0 Å². The van der Waals surface area contributed by atoms with Crippen molar-refractivity contribution in [1.29, 1.82) is 0 Å². The summed E-state index contributed by atoms with van der Waals surface area (Å²) in [6.07, 6.45) is 0. The largest absolute Gasteiger partial charge is 0.179 e. The predicted octanol–water partition coefficient (Wildman–Crippen LogP) is 5.49. The summed E-state index contributed by atoms with van der Waals surface area (Å²) in [5.41, 5.74) is -1.70. The van der Waals surface area contributed by atoms with Gasteiger partial charge in [-0.05, 0) is 44.0 Å². The standard InChI is InChI=1S/C30H23BrSi/c31-26-15-11-21-30(23-26)32(27-16-6-2-7-17-27,28-18-8-3-9-19-28)29-20-10-14-25(22-29)24-12-4-1-5-13-24/h1-23H/i1D,2D,3D,4D,5D,6D,7D,8D,9D,10D,11D,12D,13D,14D,15D,16D,17D,18D,20D,21D,22D,23D.